The summed E-state index contributed by atoms with van der Waals surface area (Å²) >= 11 is 0. The number of rotatable bonds is 15. The molecule has 1 amide bonds. The quantitative estimate of drug-likeness (QED) is 0.115. The third kappa shape index (κ3) is 10.6. The Balaban J connectivity index is 1.29. The molecule has 0 aliphatic carbocycles. The van der Waals surface area contributed by atoms with Gasteiger partial charge in [-0.2, -0.15) is 13.2 Å². The van der Waals surface area contributed by atoms with Gasteiger partial charge in [0.2, 0.25) is 0 Å². The maximum absolute atomic E-state index is 14.4. The molecule has 220 valence electrons. The highest BCUT2D eigenvalue weighted by atomic mass is 19.4. The minimum Gasteiger partial charge on any atom is -0.491 e. The molecule has 1 N–H and O–H groups in total. The van der Waals surface area contributed by atoms with Crippen molar-refractivity contribution in [1.29, 1.82) is 0 Å². The molecule has 0 radical (unpaired) electrons. The van der Waals surface area contributed by atoms with Crippen LogP contribution in [-0.2, 0) is 22.1 Å². The van der Waals surface area contributed by atoms with Gasteiger partial charge < -0.3 is 14.8 Å². The van der Waals surface area contributed by atoms with Crippen molar-refractivity contribution >= 4 is 11.9 Å². The number of hydrogen-bond acceptors (Lipinski definition) is 4. The van der Waals surface area contributed by atoms with Gasteiger partial charge in [-0.3, -0.25) is 9.59 Å². The zero-order chi connectivity index (χ0) is 29.7. The summed E-state index contributed by atoms with van der Waals surface area (Å²) in [6, 6.07) is 17.1. The predicted molar refractivity (Wildman–Crippen MR) is 149 cm³/mol. The molecule has 0 spiro atoms. The van der Waals surface area contributed by atoms with Crippen molar-refractivity contribution in [3.05, 3.63) is 89.2 Å². The first-order valence-electron chi connectivity index (χ1n) is 13.8. The van der Waals surface area contributed by atoms with E-state index in [9.17, 15) is 27.2 Å². The van der Waals surface area contributed by atoms with E-state index in [0.29, 0.717) is 6.61 Å². The van der Waals surface area contributed by atoms with Crippen molar-refractivity contribution in [3.63, 3.8) is 0 Å². The van der Waals surface area contributed by atoms with Crippen LogP contribution in [0.15, 0.2) is 66.7 Å². The first kappa shape index (κ1) is 31.6. The molecule has 41 heavy (non-hydrogen) atoms. The van der Waals surface area contributed by atoms with E-state index in [1.54, 1.807) is 6.92 Å². The van der Waals surface area contributed by atoms with Crippen LogP contribution in [0.1, 0.15) is 66.9 Å². The minimum atomic E-state index is -4.34. The van der Waals surface area contributed by atoms with Crippen molar-refractivity contribution in [2.75, 3.05) is 19.8 Å². The highest BCUT2D eigenvalue weighted by molar-refractivity contribution is 5.94. The molecule has 0 fully saturated rings. The van der Waals surface area contributed by atoms with Gasteiger partial charge in [0.1, 0.15) is 0 Å². The highest BCUT2D eigenvalue weighted by Gasteiger charge is 2.29. The number of unbranched alkanes of at least 4 members (excludes halogenated alkanes) is 4. The van der Waals surface area contributed by atoms with Crippen molar-refractivity contribution in [1.82, 2.24) is 5.32 Å². The van der Waals surface area contributed by atoms with Crippen LogP contribution in [0.4, 0.5) is 17.6 Å². The number of halogens is 4. The van der Waals surface area contributed by atoms with Crippen molar-refractivity contribution in [3.8, 4) is 16.9 Å². The zero-order valence-electron chi connectivity index (χ0n) is 23.1. The molecule has 0 aliphatic rings. The Bertz CT molecular complexity index is 1260. The Morgan fingerprint density at radius 2 is 1.46 bits per heavy atom. The normalized spacial score (nSPS) is 11.2. The molecule has 0 unspecified atom stereocenters. The van der Waals surface area contributed by atoms with Gasteiger partial charge in [-0.15, -0.1) is 0 Å². The molecule has 0 aliphatic heterocycles. The maximum Gasteiger partial charge on any atom is 0.416 e. The Morgan fingerprint density at radius 1 is 0.829 bits per heavy atom. The molecular weight excluding hydrogens is 538 g/mol. The van der Waals surface area contributed by atoms with Gasteiger partial charge in [0, 0.05) is 12.1 Å². The SMILES string of the molecule is CCOC(=O)CCNC(=O)c1ccc(OCCCCCCCc2ccc(-c3ccc(C(F)(F)F)cc3)cc2)c(F)c1. The fourth-order valence-corrected chi connectivity index (χ4v) is 4.23. The number of alkyl halides is 3. The van der Waals surface area contributed by atoms with Gasteiger partial charge >= 0.3 is 12.1 Å². The summed E-state index contributed by atoms with van der Waals surface area (Å²) in [5.74, 6) is -1.41. The Labute approximate surface area is 237 Å². The molecule has 3 aromatic rings. The monoisotopic (exact) mass is 573 g/mol. The average Bonchev–Trinajstić information content (AvgIpc) is 2.95. The van der Waals surface area contributed by atoms with Crippen LogP contribution in [0, 0.1) is 5.82 Å². The molecule has 5 nitrogen and oxygen atoms in total. The highest BCUT2D eigenvalue weighted by Crippen LogP contribution is 2.31. The minimum absolute atomic E-state index is 0.0466. The summed E-state index contributed by atoms with van der Waals surface area (Å²) < 4.78 is 62.9. The fourth-order valence-electron chi connectivity index (χ4n) is 4.23. The Morgan fingerprint density at radius 3 is 2.10 bits per heavy atom. The van der Waals surface area contributed by atoms with Crippen LogP contribution in [0.3, 0.4) is 0 Å². The number of ether oxygens (including phenoxy) is 2. The number of amides is 1. The molecule has 3 rings (SSSR count). The Hall–Kier alpha value is -3.88. The van der Waals surface area contributed by atoms with Gasteiger partial charge in [0.25, 0.3) is 5.91 Å². The lowest BCUT2D eigenvalue weighted by Gasteiger charge is -2.10. The molecule has 0 saturated carbocycles. The largest absolute Gasteiger partial charge is 0.491 e. The van der Waals surface area contributed by atoms with Crippen molar-refractivity contribution in [2.24, 2.45) is 0 Å². The van der Waals surface area contributed by atoms with Crippen LogP contribution in [0.25, 0.3) is 11.1 Å². The lowest BCUT2D eigenvalue weighted by atomic mass is 10.00. The molecule has 0 atom stereocenters. The van der Waals surface area contributed by atoms with Gasteiger partial charge in [-0.05, 0) is 73.2 Å². The average molecular weight is 574 g/mol. The van der Waals surface area contributed by atoms with E-state index in [2.05, 4.69) is 5.32 Å². The van der Waals surface area contributed by atoms with Crippen LogP contribution in [0.5, 0.6) is 5.75 Å². The lowest BCUT2D eigenvalue weighted by Crippen LogP contribution is -2.26. The lowest BCUT2D eigenvalue weighted by molar-refractivity contribution is -0.143. The summed E-state index contributed by atoms with van der Waals surface area (Å²) in [6.07, 6.45) is 1.40. The second kappa shape index (κ2) is 15.8. The van der Waals surface area contributed by atoms with E-state index in [1.165, 1.54) is 29.8 Å². The number of carbonyl (C=O) groups is 2. The molecule has 3 aromatic carbocycles. The van der Waals surface area contributed by atoms with Crippen LogP contribution in [0.2, 0.25) is 0 Å². The predicted octanol–water partition coefficient (Wildman–Crippen LogP) is 7.77. The third-order valence-corrected chi connectivity index (χ3v) is 6.48. The fraction of sp³-hybridized carbons (Fsp3) is 0.375. The third-order valence-electron chi connectivity index (χ3n) is 6.48. The summed E-state index contributed by atoms with van der Waals surface area (Å²) in [5.41, 5.74) is 2.29. The standard InChI is InChI=1S/C32H35F4NO4/c1-2-40-30(38)19-20-37-31(39)26-15-18-29(28(33)22-26)41-21-7-5-3-4-6-8-23-9-11-24(12-10-23)25-13-16-27(17-14-25)32(34,35)36/h9-18,22H,2-8,19-21H2,1H3,(H,37,39). The summed E-state index contributed by atoms with van der Waals surface area (Å²) in [7, 11) is 0. The van der Waals surface area contributed by atoms with Crippen molar-refractivity contribution in [2.45, 2.75) is 58.0 Å². The summed E-state index contributed by atoms with van der Waals surface area (Å²) in [5, 5.41) is 2.56. The Kier molecular flexibility index (Phi) is 12.2. The van der Waals surface area contributed by atoms with Gasteiger partial charge in [0.05, 0.1) is 25.2 Å². The number of esters is 1. The maximum atomic E-state index is 14.4. The van der Waals surface area contributed by atoms with Crippen LogP contribution >= 0.6 is 0 Å². The van der Waals surface area contributed by atoms with Crippen LogP contribution in [-0.4, -0.2) is 31.6 Å². The number of hydrogen-bond donors (Lipinski definition) is 1. The smallest absolute Gasteiger partial charge is 0.416 e. The second-order valence-corrected chi connectivity index (χ2v) is 9.59. The summed E-state index contributed by atoms with van der Waals surface area (Å²) in [4.78, 5) is 23.5. The molecule has 9 heteroatoms. The number of benzene rings is 3. The molecule has 0 aromatic heterocycles. The molecule has 0 saturated heterocycles. The van der Waals surface area contributed by atoms with E-state index < -0.39 is 29.4 Å². The summed E-state index contributed by atoms with van der Waals surface area (Å²) in [6.45, 7) is 2.45. The van der Waals surface area contributed by atoms with E-state index >= 15 is 0 Å². The number of aryl methyl sites for hydroxylation is 1. The molecule has 0 bridgehead atoms. The first-order chi connectivity index (χ1) is 19.7. The molecule has 0 heterocycles. The van der Waals surface area contributed by atoms with Gasteiger partial charge in [0.15, 0.2) is 11.6 Å². The first-order valence-corrected chi connectivity index (χ1v) is 13.8. The van der Waals surface area contributed by atoms with Gasteiger partial charge in [-0.1, -0.05) is 55.7 Å². The van der Waals surface area contributed by atoms with Crippen LogP contribution < -0.4 is 10.1 Å². The number of carbonyl (C=O) groups excluding carboxylic acids is 2. The van der Waals surface area contributed by atoms with Gasteiger partial charge in [-0.25, -0.2) is 4.39 Å². The van der Waals surface area contributed by atoms with Crippen molar-refractivity contribution < 1.29 is 36.6 Å². The van der Waals surface area contributed by atoms with E-state index in [0.717, 1.165) is 67.9 Å². The topological polar surface area (TPSA) is 64.6 Å². The zero-order valence-corrected chi connectivity index (χ0v) is 23.1. The number of nitrogens with one attached hydrogen (secondary N) is 1. The van der Waals surface area contributed by atoms with E-state index in [1.807, 2.05) is 24.3 Å². The molecular formula is C32H35F4NO4. The van der Waals surface area contributed by atoms with E-state index in [-0.39, 0.29) is 30.9 Å². The second-order valence-electron chi connectivity index (χ2n) is 9.59. The van der Waals surface area contributed by atoms with E-state index in [4.69, 9.17) is 9.47 Å².